The minimum Gasteiger partial charge on any atom is -0.870 e. The average molecular weight is 195 g/mol. The van der Waals surface area contributed by atoms with Crippen molar-refractivity contribution in [2.45, 2.75) is 12.5 Å². The Morgan fingerprint density at radius 1 is 1.57 bits per heavy atom. The summed E-state index contributed by atoms with van der Waals surface area (Å²) < 4.78 is 0. The number of rotatable bonds is 3. The molecule has 0 bridgehead atoms. The molecule has 1 rings (SSSR count). The molecule has 1 atom stereocenters. The van der Waals surface area contributed by atoms with Crippen LogP contribution in [0.15, 0.2) is 18.2 Å². The molecule has 1 aromatic carbocycles. The number of carbonyl (C=O) groups is 1. The highest BCUT2D eigenvalue weighted by Crippen LogP contribution is 2.22. The number of phenolic OH excluding ortho intramolecular Hbond substituents is 1. The standard InChI is InChI=1S/C9H11NO4/c10-6(9(13)14)3-5-1-2-7(11)8(12)4-5/h1-2,4,6,11-12H,3,10H2,(H,13,14)/p-2/t6-/m0/s1. The van der Waals surface area contributed by atoms with Crippen molar-refractivity contribution in [1.82, 2.24) is 0 Å². The summed E-state index contributed by atoms with van der Waals surface area (Å²) in [5, 5.41) is 30.1. The number of benzene rings is 1. The first-order chi connectivity index (χ1) is 6.50. The first kappa shape index (κ1) is 10.3. The van der Waals surface area contributed by atoms with Gasteiger partial charge in [0.2, 0.25) is 0 Å². The molecule has 0 unspecified atom stereocenters. The van der Waals surface area contributed by atoms with Crippen LogP contribution in [0.3, 0.4) is 0 Å². The van der Waals surface area contributed by atoms with E-state index in [0.717, 1.165) is 6.07 Å². The molecule has 1 aromatic rings. The molecule has 0 aliphatic rings. The van der Waals surface area contributed by atoms with Crippen LogP contribution < -0.4 is 15.9 Å². The lowest BCUT2D eigenvalue weighted by Crippen LogP contribution is -2.43. The van der Waals surface area contributed by atoms with E-state index in [-0.39, 0.29) is 6.42 Å². The van der Waals surface area contributed by atoms with Crippen LogP contribution >= 0.6 is 0 Å². The molecular formula is C9H9NO4-2. The summed E-state index contributed by atoms with van der Waals surface area (Å²) in [6, 6.07) is 2.65. The van der Waals surface area contributed by atoms with Gasteiger partial charge in [-0.05, 0) is 18.1 Å². The number of carboxylic acids is 1. The molecule has 0 heterocycles. The van der Waals surface area contributed by atoms with E-state index in [0.29, 0.717) is 5.56 Å². The monoisotopic (exact) mass is 195 g/mol. The molecule has 5 heteroatoms. The third-order valence-electron chi connectivity index (χ3n) is 1.78. The quantitative estimate of drug-likeness (QED) is 0.584. The minimum atomic E-state index is -1.37. The first-order valence-electron chi connectivity index (χ1n) is 3.96. The number of phenols is 1. The van der Waals surface area contributed by atoms with Crippen molar-refractivity contribution in [3.8, 4) is 11.5 Å². The van der Waals surface area contributed by atoms with Gasteiger partial charge in [-0.1, -0.05) is 17.9 Å². The van der Waals surface area contributed by atoms with Gasteiger partial charge >= 0.3 is 0 Å². The highest BCUT2D eigenvalue weighted by atomic mass is 16.4. The Labute approximate surface area is 80.4 Å². The summed E-state index contributed by atoms with van der Waals surface area (Å²) in [6.07, 6.45) is 0.0240. The third kappa shape index (κ3) is 2.37. The molecule has 0 saturated heterocycles. The van der Waals surface area contributed by atoms with E-state index in [9.17, 15) is 15.0 Å². The van der Waals surface area contributed by atoms with Crippen LogP contribution in [0.4, 0.5) is 0 Å². The Bertz CT molecular complexity index is 351. The summed E-state index contributed by atoms with van der Waals surface area (Å²) >= 11 is 0. The van der Waals surface area contributed by atoms with Gasteiger partial charge in [0, 0.05) is 6.04 Å². The average Bonchev–Trinajstić information content (AvgIpc) is 2.11. The molecule has 14 heavy (non-hydrogen) atoms. The second-order valence-corrected chi connectivity index (χ2v) is 2.93. The van der Waals surface area contributed by atoms with Crippen molar-refractivity contribution in [3.05, 3.63) is 23.8 Å². The zero-order valence-corrected chi connectivity index (χ0v) is 7.27. The van der Waals surface area contributed by atoms with E-state index in [1.807, 2.05) is 0 Å². The lowest BCUT2D eigenvalue weighted by atomic mass is 10.1. The largest absolute Gasteiger partial charge is 0.870 e. The van der Waals surface area contributed by atoms with Gasteiger partial charge in [-0.2, -0.15) is 0 Å². The fourth-order valence-corrected chi connectivity index (χ4v) is 1.03. The number of nitrogens with two attached hydrogens (primary N) is 1. The normalized spacial score (nSPS) is 12.4. The SMILES string of the molecule is N[C@@H](Cc1ccc([O-])c(O)c1)C(=O)[O-]. The van der Waals surface area contributed by atoms with Crippen LogP contribution in [0, 0.1) is 0 Å². The van der Waals surface area contributed by atoms with Gasteiger partial charge in [0.05, 0.1) is 5.97 Å². The van der Waals surface area contributed by atoms with Crippen LogP contribution in [-0.4, -0.2) is 17.1 Å². The lowest BCUT2D eigenvalue weighted by Gasteiger charge is -2.14. The predicted octanol–water partition coefficient (Wildman–Crippen LogP) is -1.91. The number of hydrogen-bond acceptors (Lipinski definition) is 5. The van der Waals surface area contributed by atoms with Crippen LogP contribution in [-0.2, 0) is 11.2 Å². The predicted molar refractivity (Wildman–Crippen MR) is 44.2 cm³/mol. The maximum Gasteiger partial charge on any atom is 0.108 e. The Morgan fingerprint density at radius 3 is 2.71 bits per heavy atom. The number of carboxylic acid groups (broad SMARTS) is 1. The lowest BCUT2D eigenvalue weighted by molar-refractivity contribution is -0.307. The zero-order chi connectivity index (χ0) is 10.7. The first-order valence-corrected chi connectivity index (χ1v) is 3.96. The summed E-state index contributed by atoms with van der Waals surface area (Å²) in [5.74, 6) is -2.28. The molecule has 5 nitrogen and oxygen atoms in total. The van der Waals surface area contributed by atoms with Crippen LogP contribution in [0.5, 0.6) is 11.5 Å². The van der Waals surface area contributed by atoms with E-state index in [1.54, 1.807) is 0 Å². The van der Waals surface area contributed by atoms with Gasteiger partial charge in [0.25, 0.3) is 0 Å². The highest BCUT2D eigenvalue weighted by Gasteiger charge is 2.05. The molecule has 3 N–H and O–H groups in total. The molecule has 0 amide bonds. The van der Waals surface area contributed by atoms with Crippen molar-refractivity contribution in [2.75, 3.05) is 0 Å². The topological polar surface area (TPSA) is 109 Å². The van der Waals surface area contributed by atoms with E-state index in [2.05, 4.69) is 0 Å². The number of aliphatic carboxylic acids is 1. The molecule has 0 aliphatic heterocycles. The molecule has 0 saturated carbocycles. The Hall–Kier alpha value is -1.75. The van der Waals surface area contributed by atoms with E-state index in [4.69, 9.17) is 10.8 Å². The molecule has 0 fully saturated rings. The highest BCUT2D eigenvalue weighted by molar-refractivity contribution is 5.71. The van der Waals surface area contributed by atoms with Crippen molar-refractivity contribution in [1.29, 1.82) is 0 Å². The number of aromatic hydroxyl groups is 1. The number of hydrogen-bond donors (Lipinski definition) is 2. The minimum absolute atomic E-state index is 0.0240. The van der Waals surface area contributed by atoms with Crippen molar-refractivity contribution in [2.24, 2.45) is 5.73 Å². The molecule has 76 valence electrons. The smallest absolute Gasteiger partial charge is 0.108 e. The van der Waals surface area contributed by atoms with Gasteiger partial charge in [0.15, 0.2) is 0 Å². The van der Waals surface area contributed by atoms with Gasteiger partial charge in [0.1, 0.15) is 5.75 Å². The van der Waals surface area contributed by atoms with E-state index < -0.39 is 23.5 Å². The molecule has 0 radical (unpaired) electrons. The van der Waals surface area contributed by atoms with Crippen LogP contribution in [0.1, 0.15) is 5.56 Å². The fraction of sp³-hybridized carbons (Fsp3) is 0.222. The Balaban J connectivity index is 2.78. The third-order valence-corrected chi connectivity index (χ3v) is 1.78. The number of carbonyl (C=O) groups excluding carboxylic acids is 1. The van der Waals surface area contributed by atoms with Crippen molar-refractivity contribution in [3.63, 3.8) is 0 Å². The van der Waals surface area contributed by atoms with Gasteiger partial charge in [-0.15, -0.1) is 0 Å². The summed E-state index contributed by atoms with van der Waals surface area (Å²) in [6.45, 7) is 0. The Kier molecular flexibility index (Phi) is 2.93. The molecule has 0 spiro atoms. The molecular weight excluding hydrogens is 186 g/mol. The van der Waals surface area contributed by atoms with Gasteiger partial charge in [-0.3, -0.25) is 0 Å². The molecule has 0 aliphatic carbocycles. The van der Waals surface area contributed by atoms with Crippen LogP contribution in [0.25, 0.3) is 0 Å². The molecule has 0 aromatic heterocycles. The van der Waals surface area contributed by atoms with Crippen molar-refractivity contribution < 1.29 is 20.1 Å². The maximum absolute atomic E-state index is 10.8. The van der Waals surface area contributed by atoms with E-state index >= 15 is 0 Å². The van der Waals surface area contributed by atoms with Crippen LogP contribution in [0.2, 0.25) is 0 Å². The fourth-order valence-electron chi connectivity index (χ4n) is 1.03. The van der Waals surface area contributed by atoms with E-state index in [1.165, 1.54) is 12.1 Å². The second kappa shape index (κ2) is 3.97. The Morgan fingerprint density at radius 2 is 2.21 bits per heavy atom. The summed E-state index contributed by atoms with van der Waals surface area (Å²) in [7, 11) is 0. The summed E-state index contributed by atoms with van der Waals surface area (Å²) in [5.41, 5.74) is 5.70. The van der Waals surface area contributed by atoms with Gasteiger partial charge in [-0.25, -0.2) is 0 Å². The summed E-state index contributed by atoms with van der Waals surface area (Å²) in [4.78, 5) is 10.3. The zero-order valence-electron chi connectivity index (χ0n) is 7.27. The second-order valence-electron chi connectivity index (χ2n) is 2.93. The van der Waals surface area contributed by atoms with Crippen molar-refractivity contribution >= 4 is 5.97 Å². The van der Waals surface area contributed by atoms with Gasteiger partial charge < -0.3 is 25.8 Å². The maximum atomic E-state index is 10.8.